The lowest BCUT2D eigenvalue weighted by Gasteiger charge is -2.39. The van der Waals surface area contributed by atoms with Crippen molar-refractivity contribution in [2.45, 2.75) is 56.5 Å². The lowest BCUT2D eigenvalue weighted by molar-refractivity contribution is -0.200. The minimum Gasteiger partial charge on any atom is -0.508 e. The Labute approximate surface area is 163 Å². The maximum Gasteiger partial charge on any atom is 0.338 e. The third-order valence-corrected chi connectivity index (χ3v) is 4.54. The number of aliphatic hydroxyl groups excluding tert-OH is 2. The second-order valence-electron chi connectivity index (χ2n) is 6.89. The molecule has 4 N–H and O–H groups in total. The van der Waals surface area contributed by atoms with Crippen molar-refractivity contribution < 1.29 is 39.5 Å². The van der Waals surface area contributed by atoms with Crippen LogP contribution in [0, 0.1) is 0 Å². The Hall–Kier alpha value is -2.42. The molecule has 1 aliphatic rings. The predicted octanol–water partition coefficient (Wildman–Crippen LogP) is 0.907. The number of esters is 2. The summed E-state index contributed by atoms with van der Waals surface area (Å²) in [6.45, 7) is 2.06. The van der Waals surface area contributed by atoms with Gasteiger partial charge in [-0.25, -0.2) is 9.59 Å². The zero-order valence-electron chi connectivity index (χ0n) is 15.7. The summed E-state index contributed by atoms with van der Waals surface area (Å²) in [6.07, 6.45) is -0.952. The van der Waals surface area contributed by atoms with Crippen LogP contribution in [0.2, 0.25) is 0 Å². The molecule has 2 rings (SSSR count). The average molecular weight is 394 g/mol. The Bertz CT molecular complexity index is 699. The van der Waals surface area contributed by atoms with Gasteiger partial charge in [-0.15, -0.1) is 0 Å². The van der Waals surface area contributed by atoms with Crippen LogP contribution in [0.25, 0.3) is 6.08 Å². The zero-order valence-corrected chi connectivity index (χ0v) is 15.7. The molecule has 1 aromatic carbocycles. The molecule has 0 unspecified atom stereocenters. The highest BCUT2D eigenvalue weighted by Gasteiger charge is 2.51. The largest absolute Gasteiger partial charge is 0.508 e. The molecule has 0 heterocycles. The highest BCUT2D eigenvalue weighted by atomic mass is 16.6. The number of hydrogen-bond donors (Lipinski definition) is 4. The van der Waals surface area contributed by atoms with Crippen molar-refractivity contribution in [2.75, 3.05) is 6.61 Å². The molecule has 1 aromatic rings. The fourth-order valence-corrected chi connectivity index (χ4v) is 2.91. The van der Waals surface area contributed by atoms with E-state index in [0.717, 1.165) is 12.5 Å². The van der Waals surface area contributed by atoms with Gasteiger partial charge in [-0.2, -0.15) is 0 Å². The predicted molar refractivity (Wildman–Crippen MR) is 99.1 cm³/mol. The van der Waals surface area contributed by atoms with Gasteiger partial charge in [0.15, 0.2) is 5.60 Å². The van der Waals surface area contributed by atoms with Crippen molar-refractivity contribution >= 4 is 18.0 Å². The molecule has 154 valence electrons. The highest BCUT2D eigenvalue weighted by molar-refractivity contribution is 5.87. The quantitative estimate of drug-likeness (QED) is 0.305. The molecule has 8 nitrogen and oxygen atoms in total. The van der Waals surface area contributed by atoms with Gasteiger partial charge in [0.1, 0.15) is 18.0 Å². The van der Waals surface area contributed by atoms with Crippen molar-refractivity contribution in [3.05, 3.63) is 35.9 Å². The lowest BCUT2D eigenvalue weighted by atomic mass is 9.79. The fourth-order valence-electron chi connectivity index (χ4n) is 2.91. The SMILES string of the molecule is CCCCOC(=O)[C@]1(O)C[C@@H](O)[C@@H](O)[C@H](OC(=O)/C=C/c2ccc(O)cc2)C1. The summed E-state index contributed by atoms with van der Waals surface area (Å²) in [6, 6.07) is 6.08. The number of carbonyl (C=O) groups excluding carboxylic acids is 2. The van der Waals surface area contributed by atoms with Crippen LogP contribution < -0.4 is 0 Å². The standard InChI is InChI=1S/C20H26O8/c1-2-3-10-27-19(25)20(26)11-15(22)18(24)16(12-20)28-17(23)9-6-13-4-7-14(21)8-5-13/h4-9,15-16,18,21-22,24,26H,2-3,10-12H2,1H3/b9-6+/t15-,16-,18-,20+/m1/s1. The van der Waals surface area contributed by atoms with Crippen LogP contribution in [0.1, 0.15) is 38.2 Å². The van der Waals surface area contributed by atoms with Gasteiger partial charge in [0.2, 0.25) is 0 Å². The third kappa shape index (κ3) is 5.79. The minimum atomic E-state index is -2.04. The first-order chi connectivity index (χ1) is 13.2. The van der Waals surface area contributed by atoms with Crippen molar-refractivity contribution in [1.82, 2.24) is 0 Å². The van der Waals surface area contributed by atoms with E-state index in [4.69, 9.17) is 9.47 Å². The van der Waals surface area contributed by atoms with Crippen LogP contribution in [0.4, 0.5) is 0 Å². The van der Waals surface area contributed by atoms with Crippen molar-refractivity contribution in [3.63, 3.8) is 0 Å². The van der Waals surface area contributed by atoms with E-state index >= 15 is 0 Å². The Balaban J connectivity index is 2.00. The molecular formula is C20H26O8. The minimum absolute atomic E-state index is 0.0872. The smallest absolute Gasteiger partial charge is 0.338 e. The van der Waals surface area contributed by atoms with E-state index in [1.807, 2.05) is 6.92 Å². The van der Waals surface area contributed by atoms with Crippen LogP contribution >= 0.6 is 0 Å². The number of ether oxygens (including phenoxy) is 2. The number of unbranched alkanes of at least 4 members (excludes halogenated alkanes) is 1. The third-order valence-electron chi connectivity index (χ3n) is 4.54. The van der Waals surface area contributed by atoms with Gasteiger partial charge in [-0.1, -0.05) is 25.5 Å². The van der Waals surface area contributed by atoms with E-state index in [-0.39, 0.29) is 18.8 Å². The molecule has 8 heteroatoms. The maximum absolute atomic E-state index is 12.2. The molecular weight excluding hydrogens is 368 g/mol. The summed E-state index contributed by atoms with van der Waals surface area (Å²) in [5.74, 6) is -1.63. The molecule has 0 bridgehead atoms. The first-order valence-electron chi connectivity index (χ1n) is 9.18. The topological polar surface area (TPSA) is 134 Å². The number of hydrogen-bond acceptors (Lipinski definition) is 8. The average Bonchev–Trinajstić information content (AvgIpc) is 2.65. The van der Waals surface area contributed by atoms with Gasteiger partial charge in [0, 0.05) is 18.9 Å². The van der Waals surface area contributed by atoms with Gasteiger partial charge < -0.3 is 29.9 Å². The molecule has 0 amide bonds. The van der Waals surface area contributed by atoms with E-state index in [1.54, 1.807) is 12.1 Å². The second kappa shape index (κ2) is 9.68. The Morgan fingerprint density at radius 2 is 1.89 bits per heavy atom. The summed E-state index contributed by atoms with van der Waals surface area (Å²) < 4.78 is 10.2. The van der Waals surface area contributed by atoms with Crippen LogP contribution in [0.15, 0.2) is 30.3 Å². The van der Waals surface area contributed by atoms with Gasteiger partial charge in [-0.3, -0.25) is 0 Å². The lowest BCUT2D eigenvalue weighted by Crippen LogP contribution is -2.57. The van der Waals surface area contributed by atoms with Crippen molar-refractivity contribution in [2.24, 2.45) is 0 Å². The second-order valence-corrected chi connectivity index (χ2v) is 6.89. The summed E-state index contributed by atoms with van der Waals surface area (Å²) in [7, 11) is 0. The molecule has 0 radical (unpaired) electrons. The molecule has 0 saturated heterocycles. The first kappa shape index (κ1) is 21.9. The zero-order chi connectivity index (χ0) is 20.7. The normalized spacial score (nSPS) is 27.5. The van der Waals surface area contributed by atoms with Crippen LogP contribution in [-0.2, 0) is 19.1 Å². The Morgan fingerprint density at radius 1 is 1.21 bits per heavy atom. The number of phenols is 1. The molecule has 1 saturated carbocycles. The number of rotatable bonds is 7. The number of aromatic hydroxyl groups is 1. The number of phenolic OH excluding ortho intramolecular Hbond substituents is 1. The molecule has 1 aliphatic carbocycles. The molecule has 28 heavy (non-hydrogen) atoms. The molecule has 0 spiro atoms. The first-order valence-corrected chi connectivity index (χ1v) is 9.18. The number of carbonyl (C=O) groups is 2. The van der Waals surface area contributed by atoms with E-state index in [1.165, 1.54) is 18.2 Å². The van der Waals surface area contributed by atoms with Gasteiger partial charge in [0.25, 0.3) is 0 Å². The van der Waals surface area contributed by atoms with Crippen LogP contribution in [0.3, 0.4) is 0 Å². The van der Waals surface area contributed by atoms with E-state index < -0.39 is 42.3 Å². The van der Waals surface area contributed by atoms with E-state index in [2.05, 4.69) is 0 Å². The van der Waals surface area contributed by atoms with Gasteiger partial charge in [0.05, 0.1) is 12.7 Å². The molecule has 0 aromatic heterocycles. The molecule has 1 fully saturated rings. The highest BCUT2D eigenvalue weighted by Crippen LogP contribution is 2.32. The van der Waals surface area contributed by atoms with E-state index in [9.17, 15) is 30.0 Å². The summed E-state index contributed by atoms with van der Waals surface area (Å²) in [5, 5.41) is 39.9. The van der Waals surface area contributed by atoms with Crippen molar-refractivity contribution in [3.8, 4) is 5.75 Å². The molecule has 4 atom stereocenters. The molecule has 0 aliphatic heterocycles. The summed E-state index contributed by atoms with van der Waals surface area (Å²) >= 11 is 0. The van der Waals surface area contributed by atoms with Gasteiger partial charge in [-0.05, 0) is 30.2 Å². The summed E-state index contributed by atoms with van der Waals surface area (Å²) in [4.78, 5) is 24.2. The maximum atomic E-state index is 12.2. The monoisotopic (exact) mass is 394 g/mol. The van der Waals surface area contributed by atoms with Crippen molar-refractivity contribution in [1.29, 1.82) is 0 Å². The number of benzene rings is 1. The van der Waals surface area contributed by atoms with Crippen LogP contribution in [0.5, 0.6) is 5.75 Å². The Kier molecular flexibility index (Phi) is 7.56. The fraction of sp³-hybridized carbons (Fsp3) is 0.500. The van der Waals surface area contributed by atoms with Gasteiger partial charge >= 0.3 is 11.9 Å². The Morgan fingerprint density at radius 3 is 2.54 bits per heavy atom. The van der Waals surface area contributed by atoms with E-state index in [0.29, 0.717) is 12.0 Å². The van der Waals surface area contributed by atoms with Crippen LogP contribution in [-0.4, -0.2) is 62.9 Å². The summed E-state index contributed by atoms with van der Waals surface area (Å²) in [5.41, 5.74) is -1.41. The number of aliphatic hydroxyl groups is 3.